The van der Waals surface area contributed by atoms with Crippen molar-refractivity contribution in [3.63, 3.8) is 0 Å². The molecule has 1 aliphatic rings. The van der Waals surface area contributed by atoms with Crippen molar-refractivity contribution in [1.82, 2.24) is 0 Å². The third-order valence-corrected chi connectivity index (χ3v) is 2.88. The minimum Gasteiger partial charge on any atom is -0.469 e. The second kappa shape index (κ2) is 4.14. The highest BCUT2D eigenvalue weighted by Gasteiger charge is 2.33. The van der Waals surface area contributed by atoms with Gasteiger partial charge < -0.3 is 9.15 Å². The second-order valence-corrected chi connectivity index (χ2v) is 4.06. The average molecular weight is 241 g/mol. The number of hydrogen-bond acceptors (Lipinski definition) is 4. The number of hydrogen-bond donors (Lipinski definition) is 0. The van der Waals surface area contributed by atoms with Crippen molar-refractivity contribution in [3.05, 3.63) is 59.5 Å². The van der Waals surface area contributed by atoms with Crippen LogP contribution in [0.4, 0.5) is 0 Å². The van der Waals surface area contributed by atoms with Crippen LogP contribution in [-0.2, 0) is 9.53 Å². The van der Waals surface area contributed by atoms with Gasteiger partial charge in [-0.2, -0.15) is 0 Å². The van der Waals surface area contributed by atoms with E-state index in [2.05, 4.69) is 4.99 Å². The Morgan fingerprint density at radius 2 is 1.94 bits per heavy atom. The Labute approximate surface area is 104 Å². The molecule has 90 valence electrons. The van der Waals surface area contributed by atoms with Crippen molar-refractivity contribution in [3.8, 4) is 0 Å². The molecule has 0 amide bonds. The van der Waals surface area contributed by atoms with Crippen molar-refractivity contribution in [1.29, 1.82) is 0 Å². The molecule has 1 aromatic heterocycles. The number of furan rings is 1. The molecule has 0 bridgehead atoms. The van der Waals surface area contributed by atoms with Gasteiger partial charge in [0.2, 0.25) is 5.90 Å². The van der Waals surface area contributed by atoms with Crippen molar-refractivity contribution in [2.75, 3.05) is 0 Å². The lowest BCUT2D eigenvalue weighted by atomic mass is 10.1. The molecule has 0 N–H and O–H groups in total. The highest BCUT2D eigenvalue weighted by Crippen LogP contribution is 2.29. The molecule has 0 saturated heterocycles. The summed E-state index contributed by atoms with van der Waals surface area (Å²) in [7, 11) is 0. The minimum absolute atomic E-state index is 0.363. The summed E-state index contributed by atoms with van der Waals surface area (Å²) in [6, 6.07) is 10.5. The maximum Gasteiger partial charge on any atom is 0.342 e. The SMILES string of the molecule is Cc1occc1C1N=C(c2ccccc2)OC1=O. The highest BCUT2D eigenvalue weighted by molar-refractivity contribution is 6.06. The standard InChI is InChI=1S/C14H11NO3/c1-9-11(7-8-17-9)12-14(16)18-13(15-12)10-5-3-2-4-6-10/h2-8,12H,1H3. The molecular weight excluding hydrogens is 230 g/mol. The molecule has 0 aliphatic carbocycles. The number of carbonyl (C=O) groups excluding carboxylic acids is 1. The van der Waals surface area contributed by atoms with Gasteiger partial charge in [0.25, 0.3) is 0 Å². The Hall–Kier alpha value is -2.36. The molecule has 1 aliphatic heterocycles. The largest absolute Gasteiger partial charge is 0.469 e. The van der Waals surface area contributed by atoms with Crippen LogP contribution in [0.3, 0.4) is 0 Å². The van der Waals surface area contributed by atoms with E-state index < -0.39 is 6.04 Å². The van der Waals surface area contributed by atoms with Crippen LogP contribution in [0, 0.1) is 6.92 Å². The zero-order chi connectivity index (χ0) is 12.5. The Morgan fingerprint density at radius 3 is 2.61 bits per heavy atom. The van der Waals surface area contributed by atoms with Gasteiger partial charge in [0.05, 0.1) is 6.26 Å². The predicted molar refractivity (Wildman–Crippen MR) is 65.3 cm³/mol. The Balaban J connectivity index is 1.97. The fraction of sp³-hybridized carbons (Fsp3) is 0.143. The molecule has 3 rings (SSSR count). The van der Waals surface area contributed by atoms with Crippen LogP contribution >= 0.6 is 0 Å². The van der Waals surface area contributed by atoms with Gasteiger partial charge in [-0.15, -0.1) is 0 Å². The van der Waals surface area contributed by atoms with Gasteiger partial charge in [-0.25, -0.2) is 9.79 Å². The number of benzene rings is 1. The van der Waals surface area contributed by atoms with Crippen LogP contribution in [0.5, 0.6) is 0 Å². The van der Waals surface area contributed by atoms with Crippen molar-refractivity contribution < 1.29 is 13.9 Å². The second-order valence-electron chi connectivity index (χ2n) is 4.06. The summed E-state index contributed by atoms with van der Waals surface area (Å²) in [4.78, 5) is 16.2. The van der Waals surface area contributed by atoms with Gasteiger partial charge in [-0.1, -0.05) is 18.2 Å². The molecule has 1 atom stereocenters. The van der Waals surface area contributed by atoms with Crippen LogP contribution in [0.2, 0.25) is 0 Å². The number of carbonyl (C=O) groups is 1. The lowest BCUT2D eigenvalue weighted by molar-refractivity contribution is -0.135. The summed E-state index contributed by atoms with van der Waals surface area (Å²) in [5.74, 6) is 0.694. The van der Waals surface area contributed by atoms with Gasteiger partial charge >= 0.3 is 5.97 Å². The zero-order valence-corrected chi connectivity index (χ0v) is 9.79. The molecule has 18 heavy (non-hydrogen) atoms. The van der Waals surface area contributed by atoms with E-state index in [1.165, 1.54) is 0 Å². The van der Waals surface area contributed by atoms with Crippen molar-refractivity contribution in [2.24, 2.45) is 4.99 Å². The predicted octanol–water partition coefficient (Wildman–Crippen LogP) is 2.63. The fourth-order valence-electron chi connectivity index (χ4n) is 1.94. The molecule has 1 unspecified atom stereocenters. The molecule has 2 heterocycles. The Morgan fingerprint density at radius 1 is 1.17 bits per heavy atom. The van der Waals surface area contributed by atoms with Crippen LogP contribution in [0.1, 0.15) is 22.9 Å². The summed E-state index contributed by atoms with van der Waals surface area (Å²) < 4.78 is 10.4. The number of nitrogens with zero attached hydrogens (tertiary/aromatic N) is 1. The summed E-state index contributed by atoms with van der Waals surface area (Å²) >= 11 is 0. The summed E-state index contributed by atoms with van der Waals surface area (Å²) in [5.41, 5.74) is 1.56. The van der Waals surface area contributed by atoms with E-state index in [1.807, 2.05) is 30.3 Å². The fourth-order valence-corrected chi connectivity index (χ4v) is 1.94. The lowest BCUT2D eigenvalue weighted by Crippen LogP contribution is -2.09. The molecule has 0 saturated carbocycles. The van der Waals surface area contributed by atoms with Gasteiger partial charge in [0, 0.05) is 11.1 Å². The van der Waals surface area contributed by atoms with Crippen LogP contribution < -0.4 is 0 Å². The van der Waals surface area contributed by atoms with E-state index in [4.69, 9.17) is 9.15 Å². The Kier molecular flexibility index (Phi) is 2.48. The zero-order valence-electron chi connectivity index (χ0n) is 9.79. The Bertz CT molecular complexity index is 613. The van der Waals surface area contributed by atoms with Crippen molar-refractivity contribution >= 4 is 11.9 Å². The molecule has 4 nitrogen and oxygen atoms in total. The van der Waals surface area contributed by atoms with Crippen LogP contribution in [-0.4, -0.2) is 11.9 Å². The third-order valence-electron chi connectivity index (χ3n) is 2.88. The quantitative estimate of drug-likeness (QED) is 0.759. The van der Waals surface area contributed by atoms with Crippen LogP contribution in [0.25, 0.3) is 0 Å². The first-order valence-corrected chi connectivity index (χ1v) is 5.64. The normalized spacial score (nSPS) is 18.6. The first-order valence-electron chi connectivity index (χ1n) is 5.64. The number of aryl methyl sites for hydroxylation is 1. The molecule has 0 spiro atoms. The topological polar surface area (TPSA) is 51.8 Å². The number of aliphatic imine (C=N–C) groups is 1. The number of ether oxygens (including phenoxy) is 1. The summed E-state index contributed by atoms with van der Waals surface area (Å²) in [5, 5.41) is 0. The maximum atomic E-state index is 11.8. The maximum absolute atomic E-state index is 11.8. The van der Waals surface area contributed by atoms with Gasteiger partial charge in [0.1, 0.15) is 5.76 Å². The van der Waals surface area contributed by atoms with Crippen molar-refractivity contribution in [2.45, 2.75) is 13.0 Å². The average Bonchev–Trinajstić information content (AvgIpc) is 2.96. The van der Waals surface area contributed by atoms with E-state index >= 15 is 0 Å². The lowest BCUT2D eigenvalue weighted by Gasteiger charge is -2.00. The molecule has 1 aromatic carbocycles. The van der Waals surface area contributed by atoms with E-state index in [0.717, 1.165) is 11.1 Å². The molecule has 0 fully saturated rings. The highest BCUT2D eigenvalue weighted by atomic mass is 16.6. The van der Waals surface area contributed by atoms with E-state index in [-0.39, 0.29) is 5.97 Å². The monoisotopic (exact) mass is 241 g/mol. The van der Waals surface area contributed by atoms with Gasteiger partial charge in [-0.05, 0) is 25.1 Å². The van der Waals surface area contributed by atoms with E-state index in [1.54, 1.807) is 19.3 Å². The van der Waals surface area contributed by atoms with E-state index in [9.17, 15) is 4.79 Å². The summed E-state index contributed by atoms with van der Waals surface area (Å²) in [6.07, 6.45) is 1.55. The first-order chi connectivity index (χ1) is 8.75. The molecular formula is C14H11NO3. The van der Waals surface area contributed by atoms with Gasteiger partial charge in [-0.3, -0.25) is 0 Å². The van der Waals surface area contributed by atoms with Crippen LogP contribution in [0.15, 0.2) is 52.1 Å². The smallest absolute Gasteiger partial charge is 0.342 e. The molecule has 0 radical (unpaired) electrons. The summed E-state index contributed by atoms with van der Waals surface area (Å²) in [6.45, 7) is 1.80. The number of esters is 1. The molecule has 4 heteroatoms. The third kappa shape index (κ3) is 1.72. The first kappa shape index (κ1) is 10.8. The number of cyclic esters (lactones) is 1. The van der Waals surface area contributed by atoms with Gasteiger partial charge in [0.15, 0.2) is 6.04 Å². The minimum atomic E-state index is -0.612. The van der Waals surface area contributed by atoms with E-state index in [0.29, 0.717) is 11.7 Å². The number of rotatable bonds is 2. The molecule has 2 aromatic rings.